The SMILES string of the molecule is O=C(CSc1nc2ccccc2c(=O)n1C1CCCCC1)NC(=O)NC1CC1. The number of aromatic nitrogens is 2. The number of nitrogens with zero attached hydrogens (tertiary/aromatic N) is 2. The third-order valence-corrected chi connectivity index (χ3v) is 6.17. The van der Waals surface area contributed by atoms with Crippen molar-refractivity contribution < 1.29 is 9.59 Å². The minimum absolute atomic E-state index is 0.0373. The molecule has 2 aliphatic carbocycles. The summed E-state index contributed by atoms with van der Waals surface area (Å²) in [6.45, 7) is 0. The summed E-state index contributed by atoms with van der Waals surface area (Å²) in [6.07, 6.45) is 7.20. The Balaban J connectivity index is 1.55. The van der Waals surface area contributed by atoms with Crippen molar-refractivity contribution in [2.75, 3.05) is 5.75 Å². The number of rotatable bonds is 5. The van der Waals surface area contributed by atoms with Gasteiger partial charge in [-0.25, -0.2) is 9.78 Å². The quantitative estimate of drug-likeness (QED) is 0.595. The first-order chi connectivity index (χ1) is 13.6. The minimum atomic E-state index is -0.454. The van der Waals surface area contributed by atoms with Gasteiger partial charge in [-0.2, -0.15) is 0 Å². The van der Waals surface area contributed by atoms with Gasteiger partial charge in [0.15, 0.2) is 5.16 Å². The van der Waals surface area contributed by atoms with Crippen molar-refractivity contribution in [3.8, 4) is 0 Å². The maximum atomic E-state index is 13.1. The van der Waals surface area contributed by atoms with Crippen molar-refractivity contribution in [3.63, 3.8) is 0 Å². The maximum absolute atomic E-state index is 13.1. The second-order valence-corrected chi connectivity index (χ2v) is 8.41. The fraction of sp³-hybridized carbons (Fsp3) is 0.500. The molecule has 2 N–H and O–H groups in total. The molecule has 2 fully saturated rings. The van der Waals surface area contributed by atoms with Crippen LogP contribution in [0.25, 0.3) is 10.9 Å². The van der Waals surface area contributed by atoms with E-state index in [1.807, 2.05) is 18.2 Å². The van der Waals surface area contributed by atoms with E-state index in [1.165, 1.54) is 18.2 Å². The fourth-order valence-corrected chi connectivity index (χ4v) is 4.50. The first kappa shape index (κ1) is 19.0. The van der Waals surface area contributed by atoms with Crippen molar-refractivity contribution in [1.29, 1.82) is 0 Å². The highest BCUT2D eigenvalue weighted by Gasteiger charge is 2.25. The number of hydrogen-bond donors (Lipinski definition) is 2. The van der Waals surface area contributed by atoms with Crippen molar-refractivity contribution in [2.45, 2.75) is 62.2 Å². The number of carbonyl (C=O) groups excluding carboxylic acids is 2. The van der Waals surface area contributed by atoms with Crippen LogP contribution in [0.3, 0.4) is 0 Å². The molecule has 0 atom stereocenters. The van der Waals surface area contributed by atoms with Gasteiger partial charge in [-0.3, -0.25) is 19.5 Å². The van der Waals surface area contributed by atoms with E-state index >= 15 is 0 Å². The normalized spacial score (nSPS) is 17.4. The largest absolute Gasteiger partial charge is 0.335 e. The number of hydrogen-bond acceptors (Lipinski definition) is 5. The van der Waals surface area contributed by atoms with E-state index in [4.69, 9.17) is 0 Å². The molecule has 0 aliphatic heterocycles. The Morgan fingerprint density at radius 3 is 2.61 bits per heavy atom. The molecule has 2 saturated carbocycles. The Hall–Kier alpha value is -2.35. The van der Waals surface area contributed by atoms with Gasteiger partial charge in [0.05, 0.1) is 16.7 Å². The summed E-state index contributed by atoms with van der Waals surface area (Å²) in [4.78, 5) is 41.7. The average molecular weight is 401 g/mol. The fourth-order valence-electron chi connectivity index (χ4n) is 3.63. The first-order valence-corrected chi connectivity index (χ1v) is 10.8. The summed E-state index contributed by atoms with van der Waals surface area (Å²) < 4.78 is 1.77. The van der Waals surface area contributed by atoms with Crippen LogP contribution in [0.15, 0.2) is 34.2 Å². The molecule has 4 rings (SSSR count). The second-order valence-electron chi connectivity index (χ2n) is 7.46. The van der Waals surface area contributed by atoms with Crippen molar-refractivity contribution >= 4 is 34.6 Å². The highest BCUT2D eigenvalue weighted by atomic mass is 32.2. The summed E-state index contributed by atoms with van der Waals surface area (Å²) in [7, 11) is 0. The molecule has 0 saturated heterocycles. The topological polar surface area (TPSA) is 93.1 Å². The van der Waals surface area contributed by atoms with E-state index in [1.54, 1.807) is 10.6 Å². The lowest BCUT2D eigenvalue weighted by molar-refractivity contribution is -0.117. The Labute approximate surface area is 167 Å². The molecule has 1 aromatic carbocycles. The molecule has 2 aromatic rings. The van der Waals surface area contributed by atoms with E-state index in [9.17, 15) is 14.4 Å². The van der Waals surface area contributed by atoms with Crippen LogP contribution in [-0.4, -0.2) is 33.3 Å². The number of urea groups is 1. The van der Waals surface area contributed by atoms with Gasteiger partial charge in [0.2, 0.25) is 5.91 Å². The summed E-state index contributed by atoms with van der Waals surface area (Å²) in [5.41, 5.74) is 0.584. The van der Waals surface area contributed by atoms with Crippen molar-refractivity contribution in [3.05, 3.63) is 34.6 Å². The molecular weight excluding hydrogens is 376 g/mol. The van der Waals surface area contributed by atoms with Crippen LogP contribution < -0.4 is 16.2 Å². The van der Waals surface area contributed by atoms with Gasteiger partial charge in [0.1, 0.15) is 0 Å². The second kappa shape index (κ2) is 8.34. The van der Waals surface area contributed by atoms with Crippen LogP contribution in [0.2, 0.25) is 0 Å². The number of imide groups is 1. The molecule has 0 unspecified atom stereocenters. The summed E-state index contributed by atoms with van der Waals surface area (Å²) >= 11 is 1.21. The zero-order chi connectivity index (χ0) is 19.5. The summed E-state index contributed by atoms with van der Waals surface area (Å²) in [5.74, 6) is -0.351. The molecule has 8 heteroatoms. The predicted octanol–water partition coefficient (Wildman–Crippen LogP) is 2.98. The summed E-state index contributed by atoms with van der Waals surface area (Å²) in [6, 6.07) is 7.16. The van der Waals surface area contributed by atoms with E-state index in [-0.39, 0.29) is 29.3 Å². The highest BCUT2D eigenvalue weighted by molar-refractivity contribution is 7.99. The van der Waals surface area contributed by atoms with Crippen molar-refractivity contribution in [2.24, 2.45) is 0 Å². The summed E-state index contributed by atoms with van der Waals surface area (Å²) in [5, 5.41) is 6.23. The molecule has 1 aromatic heterocycles. The molecule has 1 heterocycles. The standard InChI is InChI=1S/C20H24N4O3S/c25-17(23-19(27)21-13-10-11-13)12-28-20-22-16-9-5-4-8-15(16)18(26)24(20)14-6-2-1-3-7-14/h4-5,8-9,13-14H,1-3,6-7,10-12H2,(H2,21,23,25,27). The van der Waals surface area contributed by atoms with Gasteiger partial charge in [-0.15, -0.1) is 0 Å². The number of amides is 3. The van der Waals surface area contributed by atoms with Crippen LogP contribution in [0.1, 0.15) is 51.0 Å². The van der Waals surface area contributed by atoms with Crippen LogP contribution in [0.4, 0.5) is 4.79 Å². The zero-order valence-electron chi connectivity index (χ0n) is 15.6. The lowest BCUT2D eigenvalue weighted by Gasteiger charge is -2.26. The molecule has 0 bridgehead atoms. The van der Waals surface area contributed by atoms with E-state index in [0.717, 1.165) is 38.5 Å². The Morgan fingerprint density at radius 1 is 1.11 bits per heavy atom. The van der Waals surface area contributed by atoms with Crippen LogP contribution in [0.5, 0.6) is 0 Å². The number of thioether (sulfide) groups is 1. The van der Waals surface area contributed by atoms with Crippen LogP contribution in [0, 0.1) is 0 Å². The molecule has 7 nitrogen and oxygen atoms in total. The van der Waals surface area contributed by atoms with Gasteiger partial charge in [0.25, 0.3) is 5.56 Å². The van der Waals surface area contributed by atoms with Gasteiger partial charge in [-0.1, -0.05) is 43.2 Å². The van der Waals surface area contributed by atoms with E-state index in [2.05, 4.69) is 15.6 Å². The molecule has 3 amide bonds. The zero-order valence-corrected chi connectivity index (χ0v) is 16.5. The van der Waals surface area contributed by atoms with Crippen LogP contribution >= 0.6 is 11.8 Å². The number of carbonyl (C=O) groups is 2. The average Bonchev–Trinajstić information content (AvgIpc) is 3.51. The van der Waals surface area contributed by atoms with Gasteiger partial charge in [-0.05, 0) is 37.8 Å². The van der Waals surface area contributed by atoms with E-state index in [0.29, 0.717) is 16.1 Å². The number of nitrogens with one attached hydrogen (secondary N) is 2. The monoisotopic (exact) mass is 400 g/mol. The maximum Gasteiger partial charge on any atom is 0.321 e. The lowest BCUT2D eigenvalue weighted by atomic mass is 9.95. The smallest absolute Gasteiger partial charge is 0.321 e. The molecule has 0 radical (unpaired) electrons. The Kier molecular flexibility index (Phi) is 5.66. The van der Waals surface area contributed by atoms with Crippen LogP contribution in [-0.2, 0) is 4.79 Å². The molecule has 2 aliphatic rings. The van der Waals surface area contributed by atoms with E-state index < -0.39 is 6.03 Å². The third kappa shape index (κ3) is 4.38. The first-order valence-electron chi connectivity index (χ1n) is 9.86. The molecule has 0 spiro atoms. The van der Waals surface area contributed by atoms with Gasteiger partial charge in [0, 0.05) is 12.1 Å². The molecule has 148 valence electrons. The minimum Gasteiger partial charge on any atom is -0.335 e. The third-order valence-electron chi connectivity index (χ3n) is 5.21. The highest BCUT2D eigenvalue weighted by Crippen LogP contribution is 2.31. The number of para-hydroxylation sites is 1. The number of benzene rings is 1. The molecular formula is C20H24N4O3S. The molecule has 28 heavy (non-hydrogen) atoms. The van der Waals surface area contributed by atoms with Crippen molar-refractivity contribution in [1.82, 2.24) is 20.2 Å². The van der Waals surface area contributed by atoms with Gasteiger partial charge < -0.3 is 5.32 Å². The predicted molar refractivity (Wildman–Crippen MR) is 109 cm³/mol. The van der Waals surface area contributed by atoms with Gasteiger partial charge >= 0.3 is 6.03 Å². The number of fused-ring (bicyclic) bond motifs is 1. The Morgan fingerprint density at radius 2 is 1.86 bits per heavy atom. The lowest BCUT2D eigenvalue weighted by Crippen LogP contribution is -2.41. The Bertz CT molecular complexity index is 948.